The zero-order valence-electron chi connectivity index (χ0n) is 11.9. The minimum Gasteiger partial charge on any atom is -0.383 e. The number of halogens is 1. The molecule has 1 aromatic heterocycles. The molecule has 0 spiro atoms. The summed E-state index contributed by atoms with van der Waals surface area (Å²) in [6.07, 6.45) is 4.54. The van der Waals surface area contributed by atoms with Crippen molar-refractivity contribution in [2.45, 2.75) is 45.3 Å². The summed E-state index contributed by atoms with van der Waals surface area (Å²) in [6.45, 7) is 5.45. The van der Waals surface area contributed by atoms with Crippen molar-refractivity contribution >= 4 is 11.6 Å². The van der Waals surface area contributed by atoms with Crippen LogP contribution in [-0.2, 0) is 16.9 Å². The van der Waals surface area contributed by atoms with Crippen LogP contribution in [0.4, 0.5) is 0 Å². The lowest BCUT2D eigenvalue weighted by molar-refractivity contribution is -0.0697. The number of rotatable bonds is 4. The van der Waals surface area contributed by atoms with Crippen molar-refractivity contribution in [3.05, 3.63) is 16.9 Å². The highest BCUT2D eigenvalue weighted by Crippen LogP contribution is 2.45. The Bertz CT molecular complexity index is 435. The van der Waals surface area contributed by atoms with Gasteiger partial charge in [0.15, 0.2) is 0 Å². The first kappa shape index (κ1) is 14.8. The lowest BCUT2D eigenvalue weighted by atomic mass is 9.70. The third kappa shape index (κ3) is 2.81. The lowest BCUT2D eigenvalue weighted by Crippen LogP contribution is -2.41. The molecule has 0 radical (unpaired) electrons. The van der Waals surface area contributed by atoms with Crippen LogP contribution in [0.5, 0.6) is 0 Å². The number of methoxy groups -OCH3 is 1. The van der Waals surface area contributed by atoms with Gasteiger partial charge in [-0.25, -0.2) is 0 Å². The summed E-state index contributed by atoms with van der Waals surface area (Å²) in [4.78, 5) is 0. The molecule has 108 valence electrons. The second kappa shape index (κ2) is 5.81. The molecule has 1 heterocycles. The minimum absolute atomic E-state index is 0.194. The molecule has 1 aliphatic carbocycles. The average Bonchev–Trinajstić information content (AvgIpc) is 2.73. The van der Waals surface area contributed by atoms with E-state index < -0.39 is 5.60 Å². The van der Waals surface area contributed by atoms with E-state index in [1.165, 1.54) is 0 Å². The highest BCUT2D eigenvalue weighted by atomic mass is 35.5. The van der Waals surface area contributed by atoms with Gasteiger partial charge in [0, 0.05) is 7.11 Å². The number of hydrogen-bond acceptors (Lipinski definition) is 3. The predicted molar refractivity (Wildman–Crippen MR) is 75.2 cm³/mol. The van der Waals surface area contributed by atoms with Gasteiger partial charge in [-0.05, 0) is 24.7 Å². The summed E-state index contributed by atoms with van der Waals surface area (Å²) in [5.74, 6) is 0.697. The fourth-order valence-electron chi connectivity index (χ4n) is 3.08. The molecule has 5 heteroatoms. The van der Waals surface area contributed by atoms with E-state index in [1.54, 1.807) is 18.0 Å². The molecule has 1 fully saturated rings. The SMILES string of the molecule is COCCn1ncc(Cl)c1C1(O)CC(C)CCC1C. The first-order chi connectivity index (χ1) is 8.99. The van der Waals surface area contributed by atoms with Crippen LogP contribution in [0.2, 0.25) is 5.02 Å². The van der Waals surface area contributed by atoms with Crippen molar-refractivity contribution in [1.82, 2.24) is 9.78 Å². The summed E-state index contributed by atoms with van der Waals surface area (Å²) >= 11 is 6.28. The summed E-state index contributed by atoms with van der Waals surface area (Å²) < 4.78 is 6.88. The Morgan fingerprint density at radius 1 is 1.53 bits per heavy atom. The lowest BCUT2D eigenvalue weighted by Gasteiger charge is -2.41. The van der Waals surface area contributed by atoms with E-state index in [1.807, 2.05) is 0 Å². The van der Waals surface area contributed by atoms with Crippen LogP contribution >= 0.6 is 11.6 Å². The number of aromatic nitrogens is 2. The monoisotopic (exact) mass is 286 g/mol. The molecule has 4 nitrogen and oxygen atoms in total. The van der Waals surface area contributed by atoms with Crippen LogP contribution in [0.3, 0.4) is 0 Å². The Balaban J connectivity index is 2.35. The number of nitrogens with zero attached hydrogens (tertiary/aromatic N) is 2. The molecule has 1 aliphatic rings. The van der Waals surface area contributed by atoms with E-state index in [-0.39, 0.29) is 5.92 Å². The van der Waals surface area contributed by atoms with Gasteiger partial charge in [0.2, 0.25) is 0 Å². The van der Waals surface area contributed by atoms with E-state index in [2.05, 4.69) is 18.9 Å². The second-order valence-corrected chi connectivity index (χ2v) is 6.18. The predicted octanol–water partition coefficient (Wildman–Crippen LogP) is 2.83. The van der Waals surface area contributed by atoms with Crippen LogP contribution in [-0.4, -0.2) is 28.6 Å². The zero-order valence-corrected chi connectivity index (χ0v) is 12.7. The zero-order chi connectivity index (χ0) is 14.0. The van der Waals surface area contributed by atoms with E-state index in [0.29, 0.717) is 24.1 Å². The Morgan fingerprint density at radius 3 is 2.95 bits per heavy atom. The summed E-state index contributed by atoms with van der Waals surface area (Å²) in [5.41, 5.74) is -0.121. The summed E-state index contributed by atoms with van der Waals surface area (Å²) in [6, 6.07) is 0. The number of ether oxygens (including phenoxy) is 1. The summed E-state index contributed by atoms with van der Waals surface area (Å²) in [5, 5.41) is 16.0. The van der Waals surface area contributed by atoms with Crippen molar-refractivity contribution in [3.8, 4) is 0 Å². The Morgan fingerprint density at radius 2 is 2.26 bits per heavy atom. The van der Waals surface area contributed by atoms with E-state index in [9.17, 15) is 5.11 Å². The quantitative estimate of drug-likeness (QED) is 0.926. The molecule has 0 aromatic carbocycles. The molecule has 3 atom stereocenters. The topological polar surface area (TPSA) is 47.3 Å². The highest BCUT2D eigenvalue weighted by Gasteiger charge is 2.44. The van der Waals surface area contributed by atoms with Gasteiger partial charge in [0.1, 0.15) is 5.60 Å². The normalized spacial score (nSPS) is 31.6. The van der Waals surface area contributed by atoms with Crippen LogP contribution in [0.1, 0.15) is 38.8 Å². The summed E-state index contributed by atoms with van der Waals surface area (Å²) in [7, 11) is 1.66. The van der Waals surface area contributed by atoms with Crippen LogP contribution < -0.4 is 0 Å². The molecule has 0 aliphatic heterocycles. The van der Waals surface area contributed by atoms with Gasteiger partial charge in [-0.2, -0.15) is 5.10 Å². The average molecular weight is 287 g/mol. The van der Waals surface area contributed by atoms with Gasteiger partial charge in [0.25, 0.3) is 0 Å². The molecular formula is C14H23ClN2O2. The van der Waals surface area contributed by atoms with Gasteiger partial charge < -0.3 is 9.84 Å². The van der Waals surface area contributed by atoms with Gasteiger partial charge in [-0.1, -0.05) is 31.9 Å². The molecule has 3 unspecified atom stereocenters. The van der Waals surface area contributed by atoms with Crippen LogP contribution in [0, 0.1) is 11.8 Å². The molecule has 1 aromatic rings. The Kier molecular flexibility index (Phi) is 4.54. The van der Waals surface area contributed by atoms with E-state index in [0.717, 1.165) is 25.0 Å². The fraction of sp³-hybridized carbons (Fsp3) is 0.786. The standard InChI is InChI=1S/C14H23ClN2O2/c1-10-4-5-11(2)14(18,8-10)13-12(15)9-16-17(13)6-7-19-3/h9-11,18H,4-8H2,1-3H3. The molecular weight excluding hydrogens is 264 g/mol. The van der Waals surface area contributed by atoms with Crippen molar-refractivity contribution in [2.24, 2.45) is 11.8 Å². The molecule has 0 saturated heterocycles. The molecule has 2 rings (SSSR count). The molecule has 19 heavy (non-hydrogen) atoms. The molecule has 0 bridgehead atoms. The third-order valence-corrected chi connectivity index (χ3v) is 4.56. The van der Waals surface area contributed by atoms with E-state index in [4.69, 9.17) is 16.3 Å². The number of hydrogen-bond donors (Lipinski definition) is 1. The minimum atomic E-state index is -0.876. The molecule has 0 amide bonds. The van der Waals surface area contributed by atoms with Crippen LogP contribution in [0.15, 0.2) is 6.20 Å². The first-order valence-corrected chi connectivity index (χ1v) is 7.30. The maximum Gasteiger partial charge on any atom is 0.110 e. The van der Waals surface area contributed by atoms with Crippen molar-refractivity contribution in [2.75, 3.05) is 13.7 Å². The Labute approximate surface area is 119 Å². The van der Waals surface area contributed by atoms with Crippen molar-refractivity contribution < 1.29 is 9.84 Å². The maximum absolute atomic E-state index is 11.1. The maximum atomic E-state index is 11.1. The van der Waals surface area contributed by atoms with Crippen LogP contribution in [0.25, 0.3) is 0 Å². The third-order valence-electron chi connectivity index (χ3n) is 4.28. The van der Waals surface area contributed by atoms with Gasteiger partial charge >= 0.3 is 0 Å². The van der Waals surface area contributed by atoms with Gasteiger partial charge in [-0.3, -0.25) is 4.68 Å². The Hall–Kier alpha value is -0.580. The fourth-order valence-corrected chi connectivity index (χ4v) is 3.38. The molecule has 1 saturated carbocycles. The van der Waals surface area contributed by atoms with Crippen molar-refractivity contribution in [1.29, 1.82) is 0 Å². The first-order valence-electron chi connectivity index (χ1n) is 6.92. The van der Waals surface area contributed by atoms with E-state index >= 15 is 0 Å². The van der Waals surface area contributed by atoms with Crippen molar-refractivity contribution in [3.63, 3.8) is 0 Å². The number of aliphatic hydroxyl groups is 1. The largest absolute Gasteiger partial charge is 0.383 e. The smallest absolute Gasteiger partial charge is 0.110 e. The highest BCUT2D eigenvalue weighted by molar-refractivity contribution is 6.31. The van der Waals surface area contributed by atoms with Gasteiger partial charge in [0.05, 0.1) is 30.1 Å². The van der Waals surface area contributed by atoms with Gasteiger partial charge in [-0.15, -0.1) is 0 Å². The molecule has 1 N–H and O–H groups in total. The second-order valence-electron chi connectivity index (χ2n) is 5.77.